The molecule has 1 heterocycles. The van der Waals surface area contributed by atoms with Crippen LogP contribution in [0.2, 0.25) is 0 Å². The SMILES string of the molecule is CN(C)S(=O)(=O)c1ccc(NCCO)c(C(=O)OCc2noc(-c3ccc(F)cc3)n2)c1. The van der Waals surface area contributed by atoms with Crippen molar-refractivity contribution in [2.75, 3.05) is 32.6 Å². The van der Waals surface area contributed by atoms with Gasteiger partial charge in [-0.25, -0.2) is 21.9 Å². The van der Waals surface area contributed by atoms with Crippen LogP contribution in [0.1, 0.15) is 16.2 Å². The van der Waals surface area contributed by atoms with Crippen molar-refractivity contribution >= 4 is 21.7 Å². The third-order valence-corrected chi connectivity index (χ3v) is 6.12. The first-order valence-corrected chi connectivity index (χ1v) is 10.8. The molecule has 0 saturated heterocycles. The van der Waals surface area contributed by atoms with Gasteiger partial charge in [0.25, 0.3) is 5.89 Å². The number of aromatic nitrogens is 2. The molecule has 0 aliphatic rings. The van der Waals surface area contributed by atoms with E-state index in [0.29, 0.717) is 11.3 Å². The monoisotopic (exact) mass is 464 g/mol. The number of aliphatic hydroxyl groups excluding tert-OH is 1. The van der Waals surface area contributed by atoms with Gasteiger partial charge < -0.3 is 19.7 Å². The first-order valence-electron chi connectivity index (χ1n) is 9.39. The van der Waals surface area contributed by atoms with Gasteiger partial charge >= 0.3 is 5.97 Å². The number of carbonyl (C=O) groups is 1. The second-order valence-corrected chi connectivity index (χ2v) is 8.90. The third-order valence-electron chi connectivity index (χ3n) is 4.31. The third kappa shape index (κ3) is 5.28. The van der Waals surface area contributed by atoms with Crippen LogP contribution in [-0.2, 0) is 21.4 Å². The molecule has 2 aromatic carbocycles. The Bertz CT molecular complexity index is 1200. The number of hydrogen-bond acceptors (Lipinski definition) is 9. The van der Waals surface area contributed by atoms with E-state index in [1.807, 2.05) is 0 Å². The second kappa shape index (κ2) is 9.85. The van der Waals surface area contributed by atoms with Crippen molar-refractivity contribution in [3.63, 3.8) is 0 Å². The maximum atomic E-state index is 13.1. The smallest absolute Gasteiger partial charge is 0.340 e. The van der Waals surface area contributed by atoms with Gasteiger partial charge in [-0.3, -0.25) is 0 Å². The number of aliphatic hydroxyl groups is 1. The Hall–Kier alpha value is -3.35. The first kappa shape index (κ1) is 23.3. The molecule has 0 saturated carbocycles. The normalized spacial score (nSPS) is 11.5. The number of nitrogens with one attached hydrogen (secondary N) is 1. The van der Waals surface area contributed by atoms with Crippen molar-refractivity contribution < 1.29 is 32.0 Å². The molecule has 10 nitrogen and oxygen atoms in total. The van der Waals surface area contributed by atoms with Gasteiger partial charge in [0, 0.05) is 31.9 Å². The molecule has 0 unspecified atom stereocenters. The highest BCUT2D eigenvalue weighted by molar-refractivity contribution is 7.89. The summed E-state index contributed by atoms with van der Waals surface area (Å²) in [6.07, 6.45) is 0. The fourth-order valence-corrected chi connectivity index (χ4v) is 3.57. The molecule has 2 N–H and O–H groups in total. The summed E-state index contributed by atoms with van der Waals surface area (Å²) >= 11 is 0. The van der Waals surface area contributed by atoms with Crippen molar-refractivity contribution in [1.29, 1.82) is 0 Å². The predicted molar refractivity (Wildman–Crippen MR) is 112 cm³/mol. The van der Waals surface area contributed by atoms with Crippen molar-refractivity contribution in [2.24, 2.45) is 0 Å². The van der Waals surface area contributed by atoms with Crippen LogP contribution in [0.5, 0.6) is 0 Å². The second-order valence-electron chi connectivity index (χ2n) is 6.74. The molecule has 32 heavy (non-hydrogen) atoms. The number of rotatable bonds is 9. The van der Waals surface area contributed by atoms with E-state index in [-0.39, 0.29) is 41.9 Å². The highest BCUT2D eigenvalue weighted by atomic mass is 32.2. The molecule has 3 rings (SSSR count). The van der Waals surface area contributed by atoms with E-state index in [1.54, 1.807) is 0 Å². The van der Waals surface area contributed by atoms with E-state index in [4.69, 9.17) is 14.4 Å². The lowest BCUT2D eigenvalue weighted by atomic mass is 10.2. The van der Waals surface area contributed by atoms with Crippen LogP contribution < -0.4 is 5.32 Å². The lowest BCUT2D eigenvalue weighted by Gasteiger charge is -2.15. The Labute approximate surface area is 183 Å². The van der Waals surface area contributed by atoms with Gasteiger partial charge in [0.05, 0.1) is 17.1 Å². The molecular weight excluding hydrogens is 443 g/mol. The number of hydrogen-bond donors (Lipinski definition) is 2. The van der Waals surface area contributed by atoms with Crippen LogP contribution in [-0.4, -0.2) is 61.2 Å². The van der Waals surface area contributed by atoms with E-state index in [2.05, 4.69) is 15.5 Å². The summed E-state index contributed by atoms with van der Waals surface area (Å²) in [5, 5.41) is 15.6. The molecule has 0 atom stereocenters. The fourth-order valence-electron chi connectivity index (χ4n) is 2.64. The number of benzene rings is 2. The molecular formula is C20H21FN4O6S. The zero-order valence-electron chi connectivity index (χ0n) is 17.3. The summed E-state index contributed by atoms with van der Waals surface area (Å²) in [5.74, 6) is -1.04. The van der Waals surface area contributed by atoms with E-state index in [9.17, 15) is 17.6 Å². The topological polar surface area (TPSA) is 135 Å². The highest BCUT2D eigenvalue weighted by Crippen LogP contribution is 2.24. The number of sulfonamides is 1. The zero-order chi connectivity index (χ0) is 23.3. The molecule has 12 heteroatoms. The maximum Gasteiger partial charge on any atom is 0.340 e. The Morgan fingerprint density at radius 1 is 1.22 bits per heavy atom. The molecule has 0 fully saturated rings. The van der Waals surface area contributed by atoms with E-state index in [0.717, 1.165) is 4.31 Å². The van der Waals surface area contributed by atoms with Crippen LogP contribution in [0.25, 0.3) is 11.5 Å². The Balaban J connectivity index is 1.79. The van der Waals surface area contributed by atoms with Gasteiger partial charge in [0.1, 0.15) is 5.82 Å². The van der Waals surface area contributed by atoms with Gasteiger partial charge in [-0.2, -0.15) is 4.98 Å². The van der Waals surface area contributed by atoms with Crippen molar-refractivity contribution in [2.45, 2.75) is 11.5 Å². The number of nitrogens with zero attached hydrogens (tertiary/aromatic N) is 3. The number of anilines is 1. The molecule has 0 amide bonds. The zero-order valence-corrected chi connectivity index (χ0v) is 18.1. The summed E-state index contributed by atoms with van der Waals surface area (Å²) in [7, 11) is -1.04. The number of esters is 1. The maximum absolute atomic E-state index is 13.1. The average molecular weight is 464 g/mol. The Kier molecular flexibility index (Phi) is 7.18. The minimum absolute atomic E-state index is 0.0383. The molecule has 0 aliphatic carbocycles. The lowest BCUT2D eigenvalue weighted by molar-refractivity contribution is 0.0460. The summed E-state index contributed by atoms with van der Waals surface area (Å²) in [4.78, 5) is 16.7. The number of ether oxygens (including phenoxy) is 1. The van der Waals surface area contributed by atoms with E-state index >= 15 is 0 Å². The molecule has 0 aliphatic heterocycles. The minimum atomic E-state index is -3.79. The van der Waals surface area contributed by atoms with Crippen LogP contribution in [0.3, 0.4) is 0 Å². The minimum Gasteiger partial charge on any atom is -0.454 e. The van der Waals surface area contributed by atoms with Crippen LogP contribution in [0.15, 0.2) is 51.9 Å². The van der Waals surface area contributed by atoms with E-state index < -0.39 is 21.8 Å². The van der Waals surface area contributed by atoms with Gasteiger partial charge in [-0.1, -0.05) is 5.16 Å². The molecule has 1 aromatic heterocycles. The van der Waals surface area contributed by atoms with E-state index in [1.165, 1.54) is 56.6 Å². The summed E-state index contributed by atoms with van der Waals surface area (Å²) in [5.41, 5.74) is 0.749. The number of carbonyl (C=O) groups excluding carboxylic acids is 1. The standard InChI is InChI=1S/C20H21FN4O6S/c1-25(2)32(28,29)15-7-8-17(22-9-10-26)16(11-15)20(27)30-12-18-23-19(31-24-18)13-3-5-14(21)6-4-13/h3-8,11,22,26H,9-10,12H2,1-2H3. The van der Waals surface area contributed by atoms with Crippen LogP contribution in [0.4, 0.5) is 10.1 Å². The quantitative estimate of drug-likeness (QED) is 0.455. The largest absolute Gasteiger partial charge is 0.454 e. The number of halogens is 1. The molecule has 0 spiro atoms. The van der Waals surface area contributed by atoms with Crippen molar-refractivity contribution in [3.8, 4) is 11.5 Å². The summed E-state index contributed by atoms with van der Waals surface area (Å²) in [6.45, 7) is -0.388. The Morgan fingerprint density at radius 3 is 2.59 bits per heavy atom. The molecule has 0 bridgehead atoms. The predicted octanol–water partition coefficient (Wildman–Crippen LogP) is 1.89. The summed E-state index contributed by atoms with van der Waals surface area (Å²) < 4.78 is 49.3. The average Bonchev–Trinajstić information content (AvgIpc) is 3.25. The fraction of sp³-hybridized carbons (Fsp3) is 0.250. The highest BCUT2D eigenvalue weighted by Gasteiger charge is 2.22. The van der Waals surface area contributed by atoms with Gasteiger partial charge in [0.15, 0.2) is 6.61 Å². The van der Waals surface area contributed by atoms with Gasteiger partial charge in [0.2, 0.25) is 15.8 Å². The Morgan fingerprint density at radius 2 is 1.94 bits per heavy atom. The lowest BCUT2D eigenvalue weighted by Crippen LogP contribution is -2.23. The van der Waals surface area contributed by atoms with Crippen LogP contribution >= 0.6 is 0 Å². The summed E-state index contributed by atoms with van der Waals surface area (Å²) in [6, 6.07) is 9.38. The van der Waals surface area contributed by atoms with Crippen molar-refractivity contribution in [3.05, 3.63) is 59.7 Å². The molecule has 170 valence electrons. The first-order chi connectivity index (χ1) is 15.2. The van der Waals surface area contributed by atoms with Crippen molar-refractivity contribution in [1.82, 2.24) is 14.4 Å². The molecule has 3 aromatic rings. The molecule has 0 radical (unpaired) electrons. The van der Waals surface area contributed by atoms with Crippen LogP contribution in [0, 0.1) is 5.82 Å². The van der Waals surface area contributed by atoms with Gasteiger partial charge in [-0.05, 0) is 42.5 Å². The van der Waals surface area contributed by atoms with Gasteiger partial charge in [-0.15, -0.1) is 0 Å².